The lowest BCUT2D eigenvalue weighted by atomic mass is 10.1. The van der Waals surface area contributed by atoms with Crippen LogP contribution in [0, 0.1) is 5.92 Å². The molecule has 3 rings (SSSR count). The summed E-state index contributed by atoms with van der Waals surface area (Å²) in [6.07, 6.45) is 9.28. The normalized spacial score (nSPS) is 33.0. The average Bonchev–Trinajstić information content (AvgIpc) is 3.05. The Morgan fingerprint density at radius 3 is 2.23 bits per heavy atom. The highest BCUT2D eigenvalue weighted by molar-refractivity contribution is 5.85. The molecule has 0 aromatic carbocycles. The van der Waals surface area contributed by atoms with Crippen molar-refractivity contribution in [3.8, 4) is 0 Å². The predicted molar refractivity (Wildman–Crippen MR) is 94.8 cm³/mol. The topological polar surface area (TPSA) is 49.6 Å². The van der Waals surface area contributed by atoms with Crippen molar-refractivity contribution in [2.75, 3.05) is 26.2 Å². The minimum absolute atomic E-state index is 0. The Bertz CT molecular complexity index is 350. The van der Waals surface area contributed by atoms with Crippen molar-refractivity contribution in [3.05, 3.63) is 0 Å². The van der Waals surface area contributed by atoms with Gasteiger partial charge in [-0.2, -0.15) is 0 Å². The maximum absolute atomic E-state index is 12.6. The van der Waals surface area contributed by atoms with Crippen molar-refractivity contribution in [1.29, 1.82) is 0 Å². The van der Waals surface area contributed by atoms with Crippen LogP contribution in [-0.4, -0.2) is 54.0 Å². The van der Waals surface area contributed by atoms with Crippen LogP contribution in [0.25, 0.3) is 0 Å². The van der Waals surface area contributed by atoms with Gasteiger partial charge in [-0.1, -0.05) is 0 Å². The summed E-state index contributed by atoms with van der Waals surface area (Å²) in [4.78, 5) is 17.4. The van der Waals surface area contributed by atoms with Crippen molar-refractivity contribution in [2.45, 2.75) is 63.5 Å². The van der Waals surface area contributed by atoms with Crippen molar-refractivity contribution in [3.63, 3.8) is 0 Å². The summed E-state index contributed by atoms with van der Waals surface area (Å²) in [5, 5.41) is 0. The van der Waals surface area contributed by atoms with Crippen LogP contribution in [0.2, 0.25) is 0 Å². The number of carbonyl (C=O) groups is 1. The molecule has 3 aliphatic rings. The minimum Gasteiger partial charge on any atom is -0.342 e. The van der Waals surface area contributed by atoms with Gasteiger partial charge in [0, 0.05) is 31.1 Å². The summed E-state index contributed by atoms with van der Waals surface area (Å²) < 4.78 is 0. The van der Waals surface area contributed by atoms with Gasteiger partial charge in [0.05, 0.1) is 0 Å². The molecule has 2 saturated heterocycles. The number of hydrogen-bond acceptors (Lipinski definition) is 3. The number of rotatable bonds is 2. The maximum Gasteiger partial charge on any atom is 0.225 e. The molecule has 3 unspecified atom stereocenters. The number of halogens is 2. The molecule has 4 nitrogen and oxygen atoms in total. The molecule has 0 bridgehead atoms. The van der Waals surface area contributed by atoms with Crippen LogP contribution in [0.4, 0.5) is 0 Å². The van der Waals surface area contributed by atoms with Crippen molar-refractivity contribution >= 4 is 30.7 Å². The van der Waals surface area contributed by atoms with Crippen LogP contribution in [0.1, 0.15) is 51.4 Å². The third-order valence-electron chi connectivity index (χ3n) is 5.49. The van der Waals surface area contributed by atoms with E-state index in [-0.39, 0.29) is 36.8 Å². The lowest BCUT2D eigenvalue weighted by molar-refractivity contribution is -0.135. The van der Waals surface area contributed by atoms with Gasteiger partial charge in [0.25, 0.3) is 0 Å². The summed E-state index contributed by atoms with van der Waals surface area (Å²) >= 11 is 0. The maximum atomic E-state index is 12.6. The second-order valence-electron chi connectivity index (χ2n) is 6.92. The zero-order valence-electron chi connectivity index (χ0n) is 13.4. The van der Waals surface area contributed by atoms with E-state index >= 15 is 0 Å². The van der Waals surface area contributed by atoms with Crippen LogP contribution in [0.5, 0.6) is 0 Å². The largest absolute Gasteiger partial charge is 0.342 e. The van der Waals surface area contributed by atoms with Gasteiger partial charge in [0.1, 0.15) is 0 Å². The van der Waals surface area contributed by atoms with Crippen LogP contribution in [0.15, 0.2) is 0 Å². The highest BCUT2D eigenvalue weighted by Gasteiger charge is 2.32. The Kier molecular flexibility index (Phi) is 8.47. The highest BCUT2D eigenvalue weighted by Crippen LogP contribution is 2.28. The number of likely N-dealkylation sites (tertiary alicyclic amines) is 2. The molecular formula is C16H31Cl2N3O. The first-order chi connectivity index (χ1) is 9.74. The highest BCUT2D eigenvalue weighted by atomic mass is 35.5. The monoisotopic (exact) mass is 351 g/mol. The van der Waals surface area contributed by atoms with E-state index < -0.39 is 0 Å². The standard InChI is InChI=1S/C16H29N3O.2ClH/c17-14-6-5-13(12-14)16(20)19-10-3-4-15(7-11-19)18-8-1-2-9-18;;/h13-15H,1-12,17H2;2*1H. The molecule has 0 radical (unpaired) electrons. The van der Waals surface area contributed by atoms with E-state index in [1.54, 1.807) is 0 Å². The first kappa shape index (κ1) is 20.0. The number of nitrogens with two attached hydrogens (primary N) is 1. The first-order valence-electron chi connectivity index (χ1n) is 8.52. The minimum atomic E-state index is 0. The van der Waals surface area contributed by atoms with Crippen molar-refractivity contribution < 1.29 is 4.79 Å². The Balaban J connectivity index is 0.00000121. The molecule has 2 N–H and O–H groups in total. The molecule has 0 aromatic rings. The fourth-order valence-electron chi connectivity index (χ4n) is 4.27. The fraction of sp³-hybridized carbons (Fsp3) is 0.938. The van der Waals surface area contributed by atoms with E-state index in [4.69, 9.17) is 5.73 Å². The fourth-order valence-corrected chi connectivity index (χ4v) is 4.27. The predicted octanol–water partition coefficient (Wildman–Crippen LogP) is 2.43. The van der Waals surface area contributed by atoms with Crippen molar-refractivity contribution in [2.24, 2.45) is 11.7 Å². The first-order valence-corrected chi connectivity index (χ1v) is 8.52. The second-order valence-corrected chi connectivity index (χ2v) is 6.92. The van der Waals surface area contributed by atoms with Crippen LogP contribution >= 0.6 is 24.8 Å². The molecule has 130 valence electrons. The summed E-state index contributed by atoms with van der Waals surface area (Å²) in [5.41, 5.74) is 5.95. The van der Waals surface area contributed by atoms with Crippen LogP contribution in [-0.2, 0) is 4.79 Å². The van der Waals surface area contributed by atoms with Gasteiger partial charge in [-0.15, -0.1) is 24.8 Å². The molecule has 1 amide bonds. The lowest BCUT2D eigenvalue weighted by Gasteiger charge is -2.27. The summed E-state index contributed by atoms with van der Waals surface area (Å²) in [7, 11) is 0. The number of hydrogen-bond donors (Lipinski definition) is 1. The average molecular weight is 352 g/mol. The molecule has 2 aliphatic heterocycles. The van der Waals surface area contributed by atoms with Crippen LogP contribution < -0.4 is 5.73 Å². The van der Waals surface area contributed by atoms with E-state index in [1.165, 1.54) is 45.2 Å². The summed E-state index contributed by atoms with van der Waals surface area (Å²) in [6, 6.07) is 0.981. The molecule has 3 fully saturated rings. The van der Waals surface area contributed by atoms with Crippen molar-refractivity contribution in [1.82, 2.24) is 9.80 Å². The smallest absolute Gasteiger partial charge is 0.225 e. The molecule has 3 atom stereocenters. The number of amides is 1. The Morgan fingerprint density at radius 1 is 0.864 bits per heavy atom. The molecule has 1 saturated carbocycles. The zero-order valence-corrected chi connectivity index (χ0v) is 15.0. The number of carbonyl (C=O) groups excluding carboxylic acids is 1. The molecular weight excluding hydrogens is 321 g/mol. The van der Waals surface area contributed by atoms with Gasteiger partial charge in [-0.3, -0.25) is 4.79 Å². The zero-order chi connectivity index (χ0) is 13.9. The Hall–Kier alpha value is -0.0300. The molecule has 0 spiro atoms. The SMILES string of the molecule is Cl.Cl.NC1CCC(C(=O)N2CCCC(N3CCCC3)CC2)C1. The van der Waals surface area contributed by atoms with E-state index in [2.05, 4.69) is 9.80 Å². The summed E-state index contributed by atoms with van der Waals surface area (Å²) in [5.74, 6) is 0.605. The molecule has 2 heterocycles. The van der Waals surface area contributed by atoms with Gasteiger partial charge < -0.3 is 15.5 Å². The Morgan fingerprint density at radius 2 is 1.59 bits per heavy atom. The second kappa shape index (κ2) is 9.31. The van der Waals surface area contributed by atoms with Gasteiger partial charge >= 0.3 is 0 Å². The molecule has 0 aromatic heterocycles. The number of nitrogens with zero attached hydrogens (tertiary/aromatic N) is 2. The van der Waals surface area contributed by atoms with E-state index in [9.17, 15) is 4.79 Å². The van der Waals surface area contributed by atoms with E-state index in [0.717, 1.165) is 38.4 Å². The third kappa shape index (κ3) is 4.73. The summed E-state index contributed by atoms with van der Waals surface area (Å²) in [6.45, 7) is 4.48. The van der Waals surface area contributed by atoms with Gasteiger partial charge in [0.15, 0.2) is 0 Å². The third-order valence-corrected chi connectivity index (χ3v) is 5.49. The Labute approximate surface area is 147 Å². The lowest BCUT2D eigenvalue weighted by Crippen LogP contribution is -2.38. The van der Waals surface area contributed by atoms with Gasteiger partial charge in [-0.25, -0.2) is 0 Å². The van der Waals surface area contributed by atoms with Gasteiger partial charge in [-0.05, 0) is 64.5 Å². The molecule has 1 aliphatic carbocycles. The van der Waals surface area contributed by atoms with E-state index in [1.807, 2.05) is 0 Å². The van der Waals surface area contributed by atoms with Gasteiger partial charge in [0.2, 0.25) is 5.91 Å². The molecule has 6 heteroatoms. The van der Waals surface area contributed by atoms with Crippen LogP contribution in [0.3, 0.4) is 0 Å². The quantitative estimate of drug-likeness (QED) is 0.830. The molecule has 22 heavy (non-hydrogen) atoms. The van der Waals surface area contributed by atoms with E-state index in [0.29, 0.717) is 5.91 Å².